The van der Waals surface area contributed by atoms with Gasteiger partial charge in [0.05, 0.1) is 17.2 Å². The molecule has 0 amide bonds. The Bertz CT molecular complexity index is 495. The lowest BCUT2D eigenvalue weighted by Crippen LogP contribution is -2.41. The average Bonchev–Trinajstić information content (AvgIpc) is 2.61. The summed E-state index contributed by atoms with van der Waals surface area (Å²) in [5.41, 5.74) is 6.05. The predicted octanol–water partition coefficient (Wildman–Crippen LogP) is -0.0958. The molecule has 3 N–H and O–H groups in total. The minimum Gasteiger partial charge on any atom is -0.392 e. The summed E-state index contributed by atoms with van der Waals surface area (Å²) in [6.45, 7) is 1.87. The van der Waals surface area contributed by atoms with Crippen molar-refractivity contribution in [1.82, 2.24) is 14.5 Å². The van der Waals surface area contributed by atoms with Crippen molar-refractivity contribution in [2.45, 2.75) is 25.1 Å². The van der Waals surface area contributed by atoms with Crippen molar-refractivity contribution in [1.29, 1.82) is 0 Å². The Hall–Kier alpha value is -0.990. The van der Waals surface area contributed by atoms with E-state index in [1.807, 2.05) is 0 Å². The van der Waals surface area contributed by atoms with E-state index in [2.05, 4.69) is 9.82 Å². The Kier molecular flexibility index (Phi) is 4.61. The zero-order chi connectivity index (χ0) is 13.1. The Morgan fingerprint density at radius 2 is 2.35 bits per heavy atom. The molecule has 0 saturated carbocycles. The lowest BCUT2D eigenvalue weighted by molar-refractivity contribution is 0.572. The lowest BCUT2D eigenvalue weighted by Gasteiger charge is -2.14. The van der Waals surface area contributed by atoms with E-state index in [0.29, 0.717) is 12.1 Å². The van der Waals surface area contributed by atoms with Crippen LogP contribution in [-0.4, -0.2) is 28.4 Å². The topological polar surface area (TPSA) is 90.0 Å². The second kappa shape index (κ2) is 5.56. The summed E-state index contributed by atoms with van der Waals surface area (Å²) >= 11 is 4.74. The first kappa shape index (κ1) is 14.1. The number of aryl methyl sites for hydroxylation is 1. The highest BCUT2D eigenvalue weighted by molar-refractivity contribution is 7.93. The monoisotopic (exact) mass is 276 g/mol. The molecule has 8 heteroatoms. The van der Waals surface area contributed by atoms with Gasteiger partial charge < -0.3 is 5.73 Å². The molecule has 0 saturated heterocycles. The maximum Gasteiger partial charge on any atom is 0.221 e. The number of aromatic nitrogens is 2. The molecule has 1 unspecified atom stereocenters. The van der Waals surface area contributed by atoms with Gasteiger partial charge in [-0.3, -0.25) is 4.68 Å². The first-order valence-electron chi connectivity index (χ1n) is 5.13. The molecule has 0 aliphatic carbocycles. The molecule has 1 aromatic rings. The first-order chi connectivity index (χ1) is 7.86. The minimum atomic E-state index is -3.53. The van der Waals surface area contributed by atoms with E-state index in [1.54, 1.807) is 30.9 Å². The van der Waals surface area contributed by atoms with E-state index in [0.717, 1.165) is 0 Å². The highest BCUT2D eigenvalue weighted by atomic mass is 32.2. The van der Waals surface area contributed by atoms with Crippen LogP contribution in [0, 0.1) is 0 Å². The number of thiocarbonyl (C=S) groups is 1. The molecule has 1 heterocycles. The van der Waals surface area contributed by atoms with Gasteiger partial charge in [0.25, 0.3) is 0 Å². The van der Waals surface area contributed by atoms with Crippen LogP contribution in [0.5, 0.6) is 0 Å². The molecule has 0 radical (unpaired) electrons. The van der Waals surface area contributed by atoms with Crippen LogP contribution in [0.2, 0.25) is 0 Å². The quantitative estimate of drug-likeness (QED) is 0.708. The van der Waals surface area contributed by atoms with Crippen LogP contribution in [0.1, 0.15) is 19.0 Å². The van der Waals surface area contributed by atoms with Crippen LogP contribution in [0.25, 0.3) is 0 Å². The van der Waals surface area contributed by atoms with Crippen LogP contribution in [0.15, 0.2) is 12.3 Å². The van der Waals surface area contributed by atoms with E-state index in [-0.39, 0.29) is 11.5 Å². The fraction of sp³-hybridized carbons (Fsp3) is 0.556. The van der Waals surface area contributed by atoms with Gasteiger partial charge in [0.1, 0.15) is 5.25 Å². The summed E-state index contributed by atoms with van der Waals surface area (Å²) in [6.07, 6.45) is 2.10. The Balaban J connectivity index is 2.70. The normalized spacial score (nSPS) is 13.5. The van der Waals surface area contributed by atoms with Gasteiger partial charge in [-0.05, 0) is 12.5 Å². The zero-order valence-electron chi connectivity index (χ0n) is 9.75. The van der Waals surface area contributed by atoms with E-state index in [4.69, 9.17) is 18.0 Å². The molecule has 96 valence electrons. The van der Waals surface area contributed by atoms with Crippen LogP contribution < -0.4 is 10.5 Å². The van der Waals surface area contributed by atoms with E-state index in [1.165, 1.54) is 0 Å². The molecular formula is C9H16N4O2S2. The molecule has 1 atom stereocenters. The number of hydrogen-bond acceptors (Lipinski definition) is 4. The SMILES string of the molecule is CCC(C(N)=S)S(=O)(=O)NCc1ccn(C)n1. The summed E-state index contributed by atoms with van der Waals surface area (Å²) in [4.78, 5) is -0.0129. The predicted molar refractivity (Wildman–Crippen MR) is 69.8 cm³/mol. The maximum absolute atomic E-state index is 11.9. The van der Waals surface area contributed by atoms with E-state index < -0.39 is 15.3 Å². The third-order valence-corrected chi connectivity index (χ3v) is 4.60. The van der Waals surface area contributed by atoms with Gasteiger partial charge in [-0.1, -0.05) is 19.1 Å². The number of nitrogens with zero attached hydrogens (tertiary/aromatic N) is 2. The summed E-state index contributed by atoms with van der Waals surface area (Å²) < 4.78 is 27.8. The fourth-order valence-electron chi connectivity index (χ4n) is 1.41. The smallest absolute Gasteiger partial charge is 0.221 e. The van der Waals surface area contributed by atoms with E-state index in [9.17, 15) is 8.42 Å². The molecular weight excluding hydrogens is 260 g/mol. The molecule has 1 rings (SSSR count). The van der Waals surface area contributed by atoms with Gasteiger partial charge in [-0.2, -0.15) is 5.10 Å². The fourth-order valence-corrected chi connectivity index (χ4v) is 3.25. The van der Waals surface area contributed by atoms with Crippen LogP contribution >= 0.6 is 12.2 Å². The highest BCUT2D eigenvalue weighted by Gasteiger charge is 2.26. The number of sulfonamides is 1. The van der Waals surface area contributed by atoms with Gasteiger partial charge in [-0.25, -0.2) is 13.1 Å². The molecule has 0 aliphatic heterocycles. The van der Waals surface area contributed by atoms with Gasteiger partial charge >= 0.3 is 0 Å². The second-order valence-electron chi connectivity index (χ2n) is 3.65. The summed E-state index contributed by atoms with van der Waals surface area (Å²) in [7, 11) is -1.76. The van der Waals surface area contributed by atoms with Gasteiger partial charge in [-0.15, -0.1) is 0 Å². The van der Waals surface area contributed by atoms with Crippen LogP contribution in [0.3, 0.4) is 0 Å². The van der Waals surface area contributed by atoms with Crippen molar-refractivity contribution in [3.8, 4) is 0 Å². The molecule has 6 nitrogen and oxygen atoms in total. The van der Waals surface area contributed by atoms with Crippen LogP contribution in [-0.2, 0) is 23.6 Å². The second-order valence-corrected chi connectivity index (χ2v) is 6.07. The molecule has 0 spiro atoms. The van der Waals surface area contributed by atoms with Crippen molar-refractivity contribution >= 4 is 27.2 Å². The number of nitrogens with one attached hydrogen (secondary N) is 1. The standard InChI is InChI=1S/C9H16N4O2S2/c1-3-8(9(10)16)17(14,15)11-6-7-4-5-13(2)12-7/h4-5,8,11H,3,6H2,1-2H3,(H2,10,16). The zero-order valence-corrected chi connectivity index (χ0v) is 11.4. The van der Waals surface area contributed by atoms with Crippen molar-refractivity contribution in [3.05, 3.63) is 18.0 Å². The largest absolute Gasteiger partial charge is 0.392 e. The molecule has 0 aromatic carbocycles. The molecule has 0 bridgehead atoms. The highest BCUT2D eigenvalue weighted by Crippen LogP contribution is 2.06. The summed E-state index contributed by atoms with van der Waals surface area (Å²) in [5, 5.41) is 3.24. The molecule has 1 aromatic heterocycles. The van der Waals surface area contributed by atoms with Crippen molar-refractivity contribution < 1.29 is 8.42 Å². The third-order valence-electron chi connectivity index (χ3n) is 2.29. The Morgan fingerprint density at radius 1 is 1.71 bits per heavy atom. The minimum absolute atomic E-state index is 0.0129. The molecule has 0 aliphatic rings. The third kappa shape index (κ3) is 3.76. The van der Waals surface area contributed by atoms with Gasteiger partial charge in [0.15, 0.2) is 0 Å². The van der Waals surface area contributed by atoms with Crippen molar-refractivity contribution in [2.75, 3.05) is 0 Å². The Labute approximate surface area is 106 Å². The molecule has 0 fully saturated rings. The lowest BCUT2D eigenvalue weighted by atomic mass is 10.3. The van der Waals surface area contributed by atoms with Gasteiger partial charge in [0.2, 0.25) is 10.0 Å². The van der Waals surface area contributed by atoms with Crippen LogP contribution in [0.4, 0.5) is 0 Å². The van der Waals surface area contributed by atoms with Gasteiger partial charge in [0, 0.05) is 13.2 Å². The Morgan fingerprint density at radius 3 is 2.76 bits per heavy atom. The number of hydrogen-bond donors (Lipinski definition) is 2. The van der Waals surface area contributed by atoms with Crippen molar-refractivity contribution in [2.24, 2.45) is 12.8 Å². The number of rotatable bonds is 6. The van der Waals surface area contributed by atoms with Crippen molar-refractivity contribution in [3.63, 3.8) is 0 Å². The van der Waals surface area contributed by atoms with E-state index >= 15 is 0 Å². The molecule has 17 heavy (non-hydrogen) atoms. The average molecular weight is 276 g/mol. The summed E-state index contributed by atoms with van der Waals surface area (Å²) in [5.74, 6) is 0. The first-order valence-corrected chi connectivity index (χ1v) is 7.08. The maximum atomic E-state index is 11.9. The summed E-state index contributed by atoms with van der Waals surface area (Å²) in [6, 6.07) is 1.74. The number of nitrogens with two attached hydrogens (primary N) is 1.